The highest BCUT2D eigenvalue weighted by atomic mass is 16.6. The first-order valence-electron chi connectivity index (χ1n) is 9.35. The van der Waals surface area contributed by atoms with Gasteiger partial charge in [0.15, 0.2) is 23.1 Å². The van der Waals surface area contributed by atoms with Crippen molar-refractivity contribution in [1.29, 1.82) is 0 Å². The molecule has 2 atom stereocenters. The molecule has 0 aliphatic carbocycles. The van der Waals surface area contributed by atoms with Gasteiger partial charge in [-0.1, -0.05) is 0 Å². The molecular formula is C20H18N3O9. The lowest BCUT2D eigenvalue weighted by atomic mass is 9.88. The summed E-state index contributed by atoms with van der Waals surface area (Å²) in [7, 11) is 0. The van der Waals surface area contributed by atoms with Gasteiger partial charge in [0.05, 0.1) is 9.85 Å². The van der Waals surface area contributed by atoms with E-state index in [2.05, 4.69) is 0 Å². The van der Waals surface area contributed by atoms with E-state index in [1.165, 1.54) is 13.8 Å². The number of nitro benzene ring substituents is 2. The molecule has 167 valence electrons. The number of phenols is 2. The second-order valence-corrected chi connectivity index (χ2v) is 7.92. The van der Waals surface area contributed by atoms with Crippen molar-refractivity contribution in [2.75, 3.05) is 0 Å². The number of hydrogen-bond acceptors (Lipinski definition) is 9. The van der Waals surface area contributed by atoms with E-state index in [1.807, 2.05) is 0 Å². The standard InChI is InChI=1S/C20H18N3O9/c1-19(17(26)11-3-5-15(24)13(9-11)21(28)29)7-8-20(2,23(19)32)18(27)12-4-6-16(25)14(10-12)22(30)31/h3-6,9-10,24-25H,7-8H2,1-2H3/t19-,20-/m1/s1. The van der Waals surface area contributed by atoms with Crippen molar-refractivity contribution in [3.8, 4) is 11.5 Å². The average Bonchev–Trinajstić information content (AvgIpc) is 2.99. The van der Waals surface area contributed by atoms with Gasteiger partial charge in [-0.3, -0.25) is 29.8 Å². The number of ketones is 2. The Hall–Kier alpha value is -3.90. The third kappa shape index (κ3) is 3.44. The predicted molar refractivity (Wildman–Crippen MR) is 107 cm³/mol. The molecule has 12 heteroatoms. The third-order valence-electron chi connectivity index (χ3n) is 5.84. The SMILES string of the molecule is C[C@]1(C(=O)c2ccc(O)c([N+](=O)[O-])c2)CC[C@](C)(C(=O)c2ccc(O)c([N+](=O)[O-])c2)N1[O]. The molecule has 1 fully saturated rings. The highest BCUT2D eigenvalue weighted by Crippen LogP contribution is 2.44. The van der Waals surface area contributed by atoms with Gasteiger partial charge in [0.1, 0.15) is 11.1 Å². The van der Waals surface area contributed by atoms with Crippen molar-refractivity contribution in [2.45, 2.75) is 37.8 Å². The van der Waals surface area contributed by atoms with Crippen LogP contribution >= 0.6 is 0 Å². The Balaban J connectivity index is 1.97. The van der Waals surface area contributed by atoms with Crippen LogP contribution in [0.4, 0.5) is 11.4 Å². The second kappa shape index (κ2) is 7.66. The van der Waals surface area contributed by atoms with E-state index in [-0.39, 0.29) is 24.0 Å². The van der Waals surface area contributed by atoms with Crippen LogP contribution in [0.2, 0.25) is 0 Å². The predicted octanol–water partition coefficient (Wildman–Crippen LogP) is 2.94. The van der Waals surface area contributed by atoms with Crippen LogP contribution in [0, 0.1) is 20.2 Å². The highest BCUT2D eigenvalue weighted by molar-refractivity contribution is 6.07. The van der Waals surface area contributed by atoms with E-state index in [4.69, 9.17) is 0 Å². The zero-order valence-corrected chi connectivity index (χ0v) is 17.0. The molecule has 3 rings (SSSR count). The van der Waals surface area contributed by atoms with E-state index >= 15 is 0 Å². The quantitative estimate of drug-likeness (QED) is 0.384. The molecule has 0 spiro atoms. The zero-order chi connectivity index (χ0) is 24.0. The maximum Gasteiger partial charge on any atom is 0.311 e. The molecule has 12 nitrogen and oxygen atoms in total. The van der Waals surface area contributed by atoms with Crippen molar-refractivity contribution in [3.63, 3.8) is 0 Å². The molecular weight excluding hydrogens is 426 g/mol. The molecule has 0 aromatic heterocycles. The molecule has 1 aliphatic rings. The minimum absolute atomic E-state index is 0.0631. The van der Waals surface area contributed by atoms with Crippen molar-refractivity contribution in [2.24, 2.45) is 0 Å². The van der Waals surface area contributed by atoms with Gasteiger partial charge in [-0.2, -0.15) is 0 Å². The molecule has 0 bridgehead atoms. The Morgan fingerprint density at radius 3 is 1.50 bits per heavy atom. The van der Waals surface area contributed by atoms with Gasteiger partial charge in [0.2, 0.25) is 0 Å². The summed E-state index contributed by atoms with van der Waals surface area (Å²) in [5.74, 6) is -2.83. The van der Waals surface area contributed by atoms with E-state index < -0.39 is 55.4 Å². The molecule has 1 saturated heterocycles. The summed E-state index contributed by atoms with van der Waals surface area (Å²) in [6.45, 7) is 2.61. The Bertz CT molecular complexity index is 1080. The van der Waals surface area contributed by atoms with E-state index in [9.17, 15) is 45.2 Å². The number of carbonyl (C=O) groups excluding carboxylic acids is 2. The van der Waals surface area contributed by atoms with Crippen LogP contribution in [0.1, 0.15) is 47.4 Å². The lowest BCUT2D eigenvalue weighted by Crippen LogP contribution is -2.55. The summed E-state index contributed by atoms with van der Waals surface area (Å²) in [5, 5.41) is 54.9. The number of hydroxylamine groups is 2. The molecule has 0 unspecified atom stereocenters. The van der Waals surface area contributed by atoms with Gasteiger partial charge in [0, 0.05) is 23.3 Å². The van der Waals surface area contributed by atoms with Crippen molar-refractivity contribution < 1.29 is 34.9 Å². The van der Waals surface area contributed by atoms with Crippen LogP contribution in [0.3, 0.4) is 0 Å². The number of hydrogen-bond donors (Lipinski definition) is 2. The number of phenolic OH excluding ortho intramolecular Hbond substituents is 2. The van der Waals surface area contributed by atoms with Gasteiger partial charge in [-0.05, 0) is 51.0 Å². The van der Waals surface area contributed by atoms with Crippen LogP contribution in [0.15, 0.2) is 36.4 Å². The maximum atomic E-state index is 13.3. The second-order valence-electron chi connectivity index (χ2n) is 7.92. The molecule has 2 N–H and O–H groups in total. The first kappa shape index (κ1) is 22.8. The Labute approximate surface area is 180 Å². The Kier molecular flexibility index (Phi) is 5.45. The van der Waals surface area contributed by atoms with Gasteiger partial charge in [-0.25, -0.2) is 0 Å². The van der Waals surface area contributed by atoms with Crippen molar-refractivity contribution in [1.82, 2.24) is 5.06 Å². The van der Waals surface area contributed by atoms with Crippen LogP contribution in [-0.4, -0.2) is 47.8 Å². The number of nitrogens with zero attached hydrogens (tertiary/aromatic N) is 3. The maximum absolute atomic E-state index is 13.3. The summed E-state index contributed by atoms with van der Waals surface area (Å²) >= 11 is 0. The molecule has 2 aromatic rings. The molecule has 0 saturated carbocycles. The molecule has 1 radical (unpaired) electrons. The number of Topliss-reactive ketones (excluding diaryl/α,β-unsaturated/α-hetero) is 2. The van der Waals surface area contributed by atoms with Crippen LogP contribution in [0.5, 0.6) is 11.5 Å². The summed E-state index contributed by atoms with van der Waals surface area (Å²) in [6.07, 6.45) is -0.126. The van der Waals surface area contributed by atoms with Gasteiger partial charge >= 0.3 is 11.4 Å². The summed E-state index contributed by atoms with van der Waals surface area (Å²) in [4.78, 5) is 46.6. The van der Waals surface area contributed by atoms with Crippen LogP contribution in [0.25, 0.3) is 0 Å². The highest BCUT2D eigenvalue weighted by Gasteiger charge is 2.58. The largest absolute Gasteiger partial charge is 0.502 e. The normalized spacial score (nSPS) is 23.1. The monoisotopic (exact) mass is 444 g/mol. The lowest BCUT2D eigenvalue weighted by Gasteiger charge is -2.34. The minimum atomic E-state index is -1.75. The lowest BCUT2D eigenvalue weighted by molar-refractivity contribution is -0.386. The number of nitro groups is 2. The van der Waals surface area contributed by atoms with Crippen molar-refractivity contribution >= 4 is 22.9 Å². The van der Waals surface area contributed by atoms with Crippen LogP contribution < -0.4 is 0 Å². The van der Waals surface area contributed by atoms with Crippen molar-refractivity contribution in [3.05, 3.63) is 67.8 Å². The van der Waals surface area contributed by atoms with Gasteiger partial charge < -0.3 is 10.2 Å². The number of benzene rings is 2. The molecule has 2 aromatic carbocycles. The molecule has 0 amide bonds. The minimum Gasteiger partial charge on any atom is -0.502 e. The molecule has 32 heavy (non-hydrogen) atoms. The number of rotatable bonds is 6. The fraction of sp³-hybridized carbons (Fsp3) is 0.300. The number of aromatic hydroxyl groups is 2. The smallest absolute Gasteiger partial charge is 0.311 e. The first-order chi connectivity index (χ1) is 14.8. The summed E-state index contributed by atoms with van der Waals surface area (Å²) in [6, 6.07) is 5.95. The molecule has 1 heterocycles. The van der Waals surface area contributed by atoms with E-state index in [0.717, 1.165) is 36.4 Å². The fourth-order valence-corrected chi connectivity index (χ4v) is 3.89. The zero-order valence-electron chi connectivity index (χ0n) is 17.0. The van der Waals surface area contributed by atoms with Gasteiger partial charge in [0.25, 0.3) is 0 Å². The topological polar surface area (TPSA) is 184 Å². The van der Waals surface area contributed by atoms with E-state index in [0.29, 0.717) is 5.06 Å². The number of carbonyl (C=O) groups is 2. The first-order valence-corrected chi connectivity index (χ1v) is 9.35. The molecule has 1 aliphatic heterocycles. The summed E-state index contributed by atoms with van der Waals surface area (Å²) < 4.78 is 0. The third-order valence-corrected chi connectivity index (χ3v) is 5.84. The Morgan fingerprint density at radius 1 is 0.844 bits per heavy atom. The Morgan fingerprint density at radius 2 is 1.19 bits per heavy atom. The fourth-order valence-electron chi connectivity index (χ4n) is 3.89. The average molecular weight is 444 g/mol. The summed E-state index contributed by atoms with van der Waals surface area (Å²) in [5.41, 5.74) is -5.28. The van der Waals surface area contributed by atoms with Crippen LogP contribution in [-0.2, 0) is 5.21 Å². The van der Waals surface area contributed by atoms with Gasteiger partial charge in [-0.15, -0.1) is 10.3 Å². The van der Waals surface area contributed by atoms with E-state index in [1.54, 1.807) is 0 Å².